The quantitative estimate of drug-likeness (QED) is 0.0500. The molecule has 0 heterocycles. The number of nitrogens with two attached hydrogens (primary N) is 5. The number of amides is 3. The first-order valence-corrected chi connectivity index (χ1v) is 11.4. The van der Waals surface area contributed by atoms with E-state index in [4.69, 9.17) is 28.7 Å². The van der Waals surface area contributed by atoms with Crippen molar-refractivity contribution >= 4 is 35.6 Å². The van der Waals surface area contributed by atoms with Crippen molar-refractivity contribution in [2.24, 2.45) is 44.6 Å². The molecule has 0 spiro atoms. The lowest BCUT2D eigenvalue weighted by Crippen LogP contribution is -2.58. The Morgan fingerprint density at radius 3 is 1.69 bits per heavy atom. The van der Waals surface area contributed by atoms with Gasteiger partial charge in [0.15, 0.2) is 11.9 Å². The topological polar surface area (TPSA) is 300 Å². The number of carboxylic acids is 1. The minimum absolute atomic E-state index is 0.0508. The summed E-state index contributed by atoms with van der Waals surface area (Å²) >= 11 is 0. The van der Waals surface area contributed by atoms with Crippen LogP contribution in [0, 0.1) is 5.92 Å². The molecule has 206 valence electrons. The van der Waals surface area contributed by atoms with Crippen LogP contribution in [0.25, 0.3) is 0 Å². The number of guanidine groups is 2. The normalized spacial score (nSPS) is 14.0. The number of rotatable bonds is 17. The van der Waals surface area contributed by atoms with Crippen LogP contribution in [0.15, 0.2) is 9.98 Å². The molecule has 4 unspecified atom stereocenters. The van der Waals surface area contributed by atoms with E-state index in [1.165, 1.54) is 0 Å². The monoisotopic (exact) mass is 516 g/mol. The summed E-state index contributed by atoms with van der Waals surface area (Å²) in [5, 5.41) is 26.1. The van der Waals surface area contributed by atoms with Crippen molar-refractivity contribution in [2.45, 2.75) is 63.7 Å². The fourth-order valence-corrected chi connectivity index (χ4v) is 2.94. The number of nitrogens with one attached hydrogen (secondary N) is 3. The van der Waals surface area contributed by atoms with Gasteiger partial charge in [-0.25, -0.2) is 4.79 Å². The number of aliphatic imine (C=N–C) groups is 2. The second-order valence-corrected chi connectivity index (χ2v) is 8.38. The van der Waals surface area contributed by atoms with E-state index < -0.39 is 60.4 Å². The van der Waals surface area contributed by atoms with E-state index in [2.05, 4.69) is 25.9 Å². The highest BCUT2D eigenvalue weighted by atomic mass is 16.4. The summed E-state index contributed by atoms with van der Waals surface area (Å²) in [7, 11) is 0. The lowest BCUT2D eigenvalue weighted by molar-refractivity contribution is -0.143. The molecule has 0 aliphatic rings. The second kappa shape index (κ2) is 16.9. The third-order valence-electron chi connectivity index (χ3n) is 4.93. The number of aliphatic hydroxyl groups excluding tert-OH is 1. The molecule has 4 atom stereocenters. The Hall–Kier alpha value is -3.66. The molecule has 16 heteroatoms. The molecule has 0 aromatic rings. The van der Waals surface area contributed by atoms with Gasteiger partial charge in [0, 0.05) is 13.1 Å². The predicted molar refractivity (Wildman–Crippen MR) is 133 cm³/mol. The fourth-order valence-electron chi connectivity index (χ4n) is 2.94. The summed E-state index contributed by atoms with van der Waals surface area (Å²) in [6.07, 6.45) is 0.937. The Balaban J connectivity index is 5.28. The number of carbonyl (C=O) groups is 4. The smallest absolute Gasteiger partial charge is 0.326 e. The third kappa shape index (κ3) is 13.3. The average Bonchev–Trinajstić information content (AvgIpc) is 2.78. The van der Waals surface area contributed by atoms with Crippen LogP contribution in [0.5, 0.6) is 0 Å². The van der Waals surface area contributed by atoms with Crippen LogP contribution in [0.3, 0.4) is 0 Å². The third-order valence-corrected chi connectivity index (χ3v) is 4.93. The van der Waals surface area contributed by atoms with Crippen molar-refractivity contribution in [3.63, 3.8) is 0 Å². The maximum Gasteiger partial charge on any atom is 0.326 e. The van der Waals surface area contributed by atoms with Crippen LogP contribution < -0.4 is 44.6 Å². The molecular formula is C20H40N10O6. The first-order valence-electron chi connectivity index (χ1n) is 11.4. The first kappa shape index (κ1) is 32.3. The average molecular weight is 517 g/mol. The zero-order valence-electron chi connectivity index (χ0n) is 20.6. The summed E-state index contributed by atoms with van der Waals surface area (Å²) in [6.45, 7) is 2.87. The van der Waals surface area contributed by atoms with Crippen molar-refractivity contribution in [1.82, 2.24) is 16.0 Å². The number of hydrogen-bond acceptors (Lipinski definition) is 8. The van der Waals surface area contributed by atoms with E-state index in [0.717, 1.165) is 0 Å². The van der Waals surface area contributed by atoms with Gasteiger partial charge in [-0.1, -0.05) is 13.8 Å². The Labute approximate surface area is 209 Å². The Bertz CT molecular complexity index is 796. The maximum absolute atomic E-state index is 12.8. The SMILES string of the molecule is CC(C)C(NC(=O)C(CCCN=C(N)N)NC(=O)C(CO)NC(=O)C(N)CCCN=C(N)N)C(=O)O. The predicted octanol–water partition coefficient (Wildman–Crippen LogP) is -4.39. The van der Waals surface area contributed by atoms with Crippen LogP contribution in [0.2, 0.25) is 0 Å². The number of carbonyl (C=O) groups excluding carboxylic acids is 3. The van der Waals surface area contributed by atoms with Gasteiger partial charge in [0.1, 0.15) is 18.1 Å². The lowest BCUT2D eigenvalue weighted by Gasteiger charge is -2.25. The molecule has 36 heavy (non-hydrogen) atoms. The van der Waals surface area contributed by atoms with Crippen LogP contribution in [0.1, 0.15) is 39.5 Å². The van der Waals surface area contributed by atoms with Crippen molar-refractivity contribution in [1.29, 1.82) is 0 Å². The van der Waals surface area contributed by atoms with Crippen LogP contribution in [-0.2, 0) is 19.2 Å². The molecule has 0 bridgehead atoms. The van der Waals surface area contributed by atoms with Crippen LogP contribution in [0.4, 0.5) is 0 Å². The molecular weight excluding hydrogens is 476 g/mol. The van der Waals surface area contributed by atoms with Crippen molar-refractivity contribution < 1.29 is 29.4 Å². The Morgan fingerprint density at radius 2 is 1.25 bits per heavy atom. The van der Waals surface area contributed by atoms with E-state index >= 15 is 0 Å². The second-order valence-electron chi connectivity index (χ2n) is 8.38. The van der Waals surface area contributed by atoms with Crippen molar-refractivity contribution in [2.75, 3.05) is 19.7 Å². The number of carboxylic acid groups (broad SMARTS) is 1. The lowest BCUT2D eigenvalue weighted by atomic mass is 10.0. The van der Waals surface area contributed by atoms with Crippen LogP contribution in [-0.4, -0.2) is 89.7 Å². The highest BCUT2D eigenvalue weighted by molar-refractivity contribution is 5.94. The number of hydrogen-bond donors (Lipinski definition) is 10. The number of nitrogens with zero attached hydrogens (tertiary/aromatic N) is 2. The standard InChI is InChI=1S/C20H40N10O6/c1-10(2)14(18(35)36)30-16(33)12(6-4-8-27-20(24)25)28-17(34)13(9-31)29-15(32)11(21)5-3-7-26-19(22)23/h10-14,31H,3-9,21H2,1-2H3,(H,28,34)(H,29,32)(H,30,33)(H,35,36)(H4,22,23,26)(H4,24,25,27). The molecule has 0 aliphatic carbocycles. The first-order chi connectivity index (χ1) is 16.8. The molecule has 0 rings (SSSR count). The van der Waals surface area contributed by atoms with Crippen molar-refractivity contribution in [3.8, 4) is 0 Å². The molecule has 15 N–H and O–H groups in total. The zero-order chi connectivity index (χ0) is 27.8. The van der Waals surface area contributed by atoms with Gasteiger partial charge in [-0.05, 0) is 31.6 Å². The largest absolute Gasteiger partial charge is 0.480 e. The molecule has 0 aromatic carbocycles. The molecule has 0 aromatic heterocycles. The summed E-state index contributed by atoms with van der Waals surface area (Å²) in [5.74, 6) is -4.23. The summed E-state index contributed by atoms with van der Waals surface area (Å²) in [4.78, 5) is 56.9. The van der Waals surface area contributed by atoms with Gasteiger partial charge in [0.25, 0.3) is 0 Å². The summed E-state index contributed by atoms with van der Waals surface area (Å²) in [5.41, 5.74) is 26.8. The fraction of sp³-hybridized carbons (Fsp3) is 0.700. The van der Waals surface area contributed by atoms with Gasteiger partial charge in [-0.3, -0.25) is 24.4 Å². The number of aliphatic hydroxyl groups is 1. The van der Waals surface area contributed by atoms with E-state index in [0.29, 0.717) is 6.42 Å². The molecule has 0 aliphatic heterocycles. The highest BCUT2D eigenvalue weighted by Gasteiger charge is 2.30. The molecule has 0 saturated heterocycles. The van der Waals surface area contributed by atoms with Gasteiger partial charge in [-0.15, -0.1) is 0 Å². The number of aliphatic carboxylic acids is 1. The molecule has 0 radical (unpaired) electrons. The summed E-state index contributed by atoms with van der Waals surface area (Å²) < 4.78 is 0. The van der Waals surface area contributed by atoms with E-state index in [1.807, 2.05) is 0 Å². The summed E-state index contributed by atoms with van der Waals surface area (Å²) in [6, 6.07) is -4.79. The minimum atomic E-state index is -1.41. The molecule has 3 amide bonds. The van der Waals surface area contributed by atoms with Gasteiger partial charge >= 0.3 is 5.97 Å². The molecule has 0 saturated carbocycles. The van der Waals surface area contributed by atoms with Crippen molar-refractivity contribution in [3.05, 3.63) is 0 Å². The van der Waals surface area contributed by atoms with E-state index in [1.54, 1.807) is 13.8 Å². The minimum Gasteiger partial charge on any atom is -0.480 e. The Kier molecular flexibility index (Phi) is 15.2. The molecule has 0 fully saturated rings. The van der Waals surface area contributed by atoms with Crippen LogP contribution >= 0.6 is 0 Å². The Morgan fingerprint density at radius 1 is 0.778 bits per heavy atom. The molecule has 16 nitrogen and oxygen atoms in total. The van der Waals surface area contributed by atoms with Gasteiger partial charge in [0.2, 0.25) is 17.7 Å². The maximum atomic E-state index is 12.8. The van der Waals surface area contributed by atoms with Gasteiger partial charge < -0.3 is 54.8 Å². The zero-order valence-corrected chi connectivity index (χ0v) is 20.6. The van der Waals surface area contributed by atoms with E-state index in [-0.39, 0.29) is 44.3 Å². The van der Waals surface area contributed by atoms with Gasteiger partial charge in [-0.2, -0.15) is 0 Å². The van der Waals surface area contributed by atoms with Gasteiger partial charge in [0.05, 0.1) is 12.6 Å². The highest BCUT2D eigenvalue weighted by Crippen LogP contribution is 2.06. The van der Waals surface area contributed by atoms with E-state index in [9.17, 15) is 29.4 Å².